The van der Waals surface area contributed by atoms with Gasteiger partial charge in [0.25, 0.3) is 0 Å². The van der Waals surface area contributed by atoms with Crippen molar-refractivity contribution in [3.05, 3.63) is 150 Å². The first-order valence-electron chi connectivity index (χ1n) is 14.7. The Bertz CT molecular complexity index is 1840. The summed E-state index contributed by atoms with van der Waals surface area (Å²) in [5.74, 6) is -4.32. The molecule has 4 aromatic rings. The summed E-state index contributed by atoms with van der Waals surface area (Å²) in [6.45, 7) is 0. The summed E-state index contributed by atoms with van der Waals surface area (Å²) in [5.41, 5.74) is 1.99. The molecule has 0 bridgehead atoms. The molecule has 8 nitrogen and oxygen atoms in total. The third kappa shape index (κ3) is 11.4. The van der Waals surface area contributed by atoms with Crippen molar-refractivity contribution in [1.82, 2.24) is 5.32 Å². The topological polar surface area (TPSA) is 132 Å². The molecule has 1 amide bonds. The summed E-state index contributed by atoms with van der Waals surface area (Å²) in [4.78, 5) is 13.9. The molecule has 1 unspecified atom stereocenters. The molecule has 4 rings (SSSR count). The lowest BCUT2D eigenvalue weighted by molar-refractivity contribution is -0.124. The molecule has 1 atom stereocenters. The van der Waals surface area contributed by atoms with Crippen molar-refractivity contribution in [2.24, 2.45) is 5.92 Å². The third-order valence-electron chi connectivity index (χ3n) is 7.22. The van der Waals surface area contributed by atoms with Crippen molar-refractivity contribution in [2.75, 3.05) is 11.5 Å². The minimum absolute atomic E-state index is 0.0799. The van der Waals surface area contributed by atoms with E-state index in [2.05, 4.69) is 5.32 Å². The van der Waals surface area contributed by atoms with E-state index in [1.54, 1.807) is 78.9 Å². The van der Waals surface area contributed by atoms with Gasteiger partial charge in [-0.05, 0) is 41.7 Å². The van der Waals surface area contributed by atoms with Crippen molar-refractivity contribution in [3.8, 4) is 0 Å². The van der Waals surface area contributed by atoms with Crippen LogP contribution in [0.3, 0.4) is 0 Å². The van der Waals surface area contributed by atoms with Crippen LogP contribution in [-0.4, -0.2) is 48.7 Å². The van der Waals surface area contributed by atoms with Crippen LogP contribution in [-0.2, 0) is 52.2 Å². The lowest BCUT2D eigenvalue weighted by atomic mass is 10.0. The van der Waals surface area contributed by atoms with Gasteiger partial charge in [0.1, 0.15) is 0 Å². The normalized spacial score (nSPS) is 13.1. The molecule has 0 radical (unpaired) electrons. The number of sulfone groups is 3. The molecule has 0 aliphatic heterocycles. The molecule has 11 heteroatoms. The first-order chi connectivity index (χ1) is 21.9. The summed E-state index contributed by atoms with van der Waals surface area (Å²) in [7, 11) is -11.7. The van der Waals surface area contributed by atoms with Crippen LogP contribution in [0.2, 0.25) is 0 Å². The van der Waals surface area contributed by atoms with E-state index in [9.17, 15) is 30.0 Å². The van der Waals surface area contributed by atoms with Gasteiger partial charge in [-0.1, -0.05) is 115 Å². The van der Waals surface area contributed by atoms with Gasteiger partial charge in [0.2, 0.25) is 5.91 Å². The number of hydrogen-bond donors (Lipinski definition) is 1. The van der Waals surface area contributed by atoms with Crippen LogP contribution in [0.25, 0.3) is 0 Å². The molecule has 1 N–H and O–H groups in total. The van der Waals surface area contributed by atoms with Gasteiger partial charge in [-0.2, -0.15) is 0 Å². The van der Waals surface area contributed by atoms with Crippen LogP contribution >= 0.6 is 0 Å². The van der Waals surface area contributed by atoms with Crippen LogP contribution in [0.15, 0.2) is 138 Å². The summed E-state index contributed by atoms with van der Waals surface area (Å²) in [6.07, 6.45) is 2.12. The largest absolute Gasteiger partial charge is 0.350 e. The Morgan fingerprint density at radius 2 is 1.00 bits per heavy atom. The molecule has 0 saturated carbocycles. The van der Waals surface area contributed by atoms with Crippen molar-refractivity contribution in [2.45, 2.75) is 35.3 Å². The van der Waals surface area contributed by atoms with Crippen LogP contribution in [0.5, 0.6) is 0 Å². The fraction of sp³-hybridized carbons (Fsp3) is 0.229. The maximum absolute atomic E-state index is 13.8. The van der Waals surface area contributed by atoms with E-state index in [-0.39, 0.29) is 22.8 Å². The molecule has 46 heavy (non-hydrogen) atoms. The van der Waals surface area contributed by atoms with Crippen LogP contribution in [0, 0.1) is 5.92 Å². The Hall–Kier alpha value is -4.06. The molecule has 0 heterocycles. The molecule has 242 valence electrons. The molecule has 0 aliphatic rings. The van der Waals surface area contributed by atoms with Crippen LogP contribution < -0.4 is 5.32 Å². The van der Waals surface area contributed by atoms with Crippen molar-refractivity contribution < 1.29 is 30.0 Å². The van der Waals surface area contributed by atoms with Gasteiger partial charge in [-0.15, -0.1) is 0 Å². The van der Waals surface area contributed by atoms with Crippen molar-refractivity contribution >= 4 is 35.4 Å². The number of hydrogen-bond acceptors (Lipinski definition) is 7. The lowest BCUT2D eigenvalue weighted by Gasteiger charge is -2.21. The van der Waals surface area contributed by atoms with Gasteiger partial charge in [-0.25, -0.2) is 25.3 Å². The highest BCUT2D eigenvalue weighted by molar-refractivity contribution is 7.94. The quantitative estimate of drug-likeness (QED) is 0.178. The zero-order valence-corrected chi connectivity index (χ0v) is 27.6. The Kier molecular flexibility index (Phi) is 12.1. The minimum Gasteiger partial charge on any atom is -0.350 e. The van der Waals surface area contributed by atoms with E-state index in [1.807, 2.05) is 30.3 Å². The summed E-state index contributed by atoms with van der Waals surface area (Å²) in [5, 5.41) is 3.78. The average Bonchev–Trinajstić information content (AvgIpc) is 3.03. The number of carbonyl (C=O) groups is 1. The summed E-state index contributed by atoms with van der Waals surface area (Å²) >= 11 is 0. The molecule has 0 saturated heterocycles. The molecule has 0 aliphatic carbocycles. The van der Waals surface area contributed by atoms with E-state index < -0.39 is 58.9 Å². The van der Waals surface area contributed by atoms with Crippen molar-refractivity contribution in [1.29, 1.82) is 0 Å². The predicted octanol–water partition coefficient (Wildman–Crippen LogP) is 4.94. The third-order valence-corrected chi connectivity index (χ3v) is 12.0. The highest BCUT2D eigenvalue weighted by Crippen LogP contribution is 2.18. The van der Waals surface area contributed by atoms with Crippen molar-refractivity contribution in [3.63, 3.8) is 0 Å². The zero-order chi connectivity index (χ0) is 33.0. The second-order valence-corrected chi connectivity index (χ2v) is 17.2. The Labute approximate surface area is 272 Å². The van der Waals surface area contributed by atoms with Gasteiger partial charge < -0.3 is 5.32 Å². The number of benzene rings is 4. The first-order valence-corrected chi connectivity index (χ1v) is 19.9. The second-order valence-electron chi connectivity index (χ2n) is 11.1. The zero-order valence-electron chi connectivity index (χ0n) is 25.2. The number of nitrogens with one attached hydrogen (secondary N) is 1. The molecular formula is C35H37NO7S3. The standard InChI is InChI=1S/C35H37NO7S3/c37-35(36-33(22-21-29-13-5-1-6-14-29)23-24-46(42,43)34-19-11-4-12-20-34)32(27-44(38,39)25-30-15-7-2-8-16-30)28-45(40,41)26-31-17-9-3-10-18-31/h1-20,23-24,32-33H,21-22,25-28H2,(H,36,37). The van der Waals surface area contributed by atoms with Gasteiger partial charge in [-0.3, -0.25) is 4.79 Å². The SMILES string of the molecule is O=C(NC(C=CS(=O)(=O)c1ccccc1)CCc1ccccc1)C(CS(=O)(=O)Cc1ccccc1)CS(=O)(=O)Cc1ccccc1. The monoisotopic (exact) mass is 679 g/mol. The number of carbonyl (C=O) groups excluding carboxylic acids is 1. The second kappa shape index (κ2) is 16.0. The van der Waals surface area contributed by atoms with E-state index in [0.717, 1.165) is 11.0 Å². The molecular weight excluding hydrogens is 643 g/mol. The summed E-state index contributed by atoms with van der Waals surface area (Å²) < 4.78 is 79.2. The number of aryl methyl sites for hydroxylation is 1. The van der Waals surface area contributed by atoms with Gasteiger partial charge in [0.15, 0.2) is 29.5 Å². The Morgan fingerprint density at radius 3 is 1.46 bits per heavy atom. The maximum atomic E-state index is 13.8. The van der Waals surface area contributed by atoms with E-state index in [1.165, 1.54) is 18.2 Å². The van der Waals surface area contributed by atoms with E-state index >= 15 is 0 Å². The van der Waals surface area contributed by atoms with E-state index in [4.69, 9.17) is 0 Å². The van der Waals surface area contributed by atoms with Crippen LogP contribution in [0.4, 0.5) is 0 Å². The Balaban J connectivity index is 1.60. The molecule has 0 fully saturated rings. The number of rotatable bonds is 16. The number of amides is 1. The maximum Gasteiger partial charge on any atom is 0.225 e. The predicted molar refractivity (Wildman–Crippen MR) is 181 cm³/mol. The lowest BCUT2D eigenvalue weighted by Crippen LogP contribution is -2.43. The van der Waals surface area contributed by atoms with Gasteiger partial charge in [0.05, 0.1) is 33.8 Å². The highest BCUT2D eigenvalue weighted by atomic mass is 32.2. The molecule has 4 aromatic carbocycles. The van der Waals surface area contributed by atoms with Gasteiger partial charge in [0, 0.05) is 11.4 Å². The molecule has 0 aromatic heterocycles. The smallest absolute Gasteiger partial charge is 0.225 e. The summed E-state index contributed by atoms with van der Waals surface area (Å²) in [6, 6.07) is 33.3. The minimum atomic E-state index is -3.93. The van der Waals surface area contributed by atoms with Crippen LogP contribution in [0.1, 0.15) is 23.1 Å². The highest BCUT2D eigenvalue weighted by Gasteiger charge is 2.32. The fourth-order valence-corrected chi connectivity index (χ4v) is 9.60. The molecule has 0 spiro atoms. The fourth-order valence-electron chi connectivity index (χ4n) is 4.96. The van der Waals surface area contributed by atoms with E-state index in [0.29, 0.717) is 17.5 Å². The Morgan fingerprint density at radius 1 is 0.587 bits per heavy atom. The average molecular weight is 680 g/mol. The first kappa shape index (κ1) is 34.8. The van der Waals surface area contributed by atoms with Gasteiger partial charge >= 0.3 is 0 Å².